The predicted octanol–water partition coefficient (Wildman–Crippen LogP) is 4.67. The van der Waals surface area contributed by atoms with Crippen molar-refractivity contribution in [2.45, 2.75) is 6.42 Å². The summed E-state index contributed by atoms with van der Waals surface area (Å²) >= 11 is 9.16. The van der Waals surface area contributed by atoms with Crippen molar-refractivity contribution in [1.29, 1.82) is 0 Å². The van der Waals surface area contributed by atoms with Crippen LogP contribution in [0, 0.1) is 0 Å². The molecule has 0 aliphatic rings. The molecule has 1 N–H and O–H groups in total. The molecule has 0 saturated heterocycles. The Hall–Kier alpha value is -2.22. The molecule has 0 unspecified atom stereocenters. The van der Waals surface area contributed by atoms with Crippen LogP contribution in [0.15, 0.2) is 35.8 Å². The van der Waals surface area contributed by atoms with Crippen molar-refractivity contribution in [2.24, 2.45) is 0 Å². The summed E-state index contributed by atoms with van der Waals surface area (Å²) < 4.78 is 2.87. The fourth-order valence-electron chi connectivity index (χ4n) is 2.43. The molecule has 8 heteroatoms. The van der Waals surface area contributed by atoms with Crippen LogP contribution in [-0.2, 0) is 4.79 Å². The first-order valence-electron chi connectivity index (χ1n) is 7.01. The number of carbonyl (C=O) groups is 1. The molecular weight excluding hydrogens is 366 g/mol. The SMILES string of the molecule is O=C(O)C/C(=C\c1c(Cl)nc2sccn12)c1nc2ccccc2s1. The zero-order valence-electron chi connectivity index (χ0n) is 12.1. The molecule has 0 radical (unpaired) electrons. The van der Waals surface area contributed by atoms with Crippen molar-refractivity contribution in [3.63, 3.8) is 0 Å². The van der Waals surface area contributed by atoms with Crippen molar-refractivity contribution >= 4 is 67.1 Å². The first kappa shape index (κ1) is 15.3. The molecule has 5 nitrogen and oxygen atoms in total. The second-order valence-electron chi connectivity index (χ2n) is 5.07. The lowest BCUT2D eigenvalue weighted by molar-refractivity contribution is -0.135. The van der Waals surface area contributed by atoms with Crippen molar-refractivity contribution in [1.82, 2.24) is 14.4 Å². The highest BCUT2D eigenvalue weighted by molar-refractivity contribution is 7.19. The van der Waals surface area contributed by atoms with E-state index < -0.39 is 5.97 Å². The topological polar surface area (TPSA) is 67.5 Å². The summed E-state index contributed by atoms with van der Waals surface area (Å²) in [5.74, 6) is -0.914. The van der Waals surface area contributed by atoms with E-state index in [0.29, 0.717) is 21.4 Å². The predicted molar refractivity (Wildman–Crippen MR) is 97.8 cm³/mol. The van der Waals surface area contributed by atoms with E-state index in [1.165, 1.54) is 22.7 Å². The van der Waals surface area contributed by atoms with Crippen LogP contribution in [0.3, 0.4) is 0 Å². The van der Waals surface area contributed by atoms with Gasteiger partial charge in [0.15, 0.2) is 10.1 Å². The van der Waals surface area contributed by atoms with Gasteiger partial charge in [0.1, 0.15) is 5.01 Å². The fourth-order valence-corrected chi connectivity index (χ4v) is 4.41. The zero-order chi connectivity index (χ0) is 16.7. The summed E-state index contributed by atoms with van der Waals surface area (Å²) in [4.78, 5) is 20.9. The number of rotatable bonds is 4. The third kappa shape index (κ3) is 2.71. The van der Waals surface area contributed by atoms with Gasteiger partial charge in [-0.1, -0.05) is 23.7 Å². The normalized spacial score (nSPS) is 12.3. The molecule has 4 aromatic rings. The molecule has 4 rings (SSSR count). The molecule has 0 aliphatic carbocycles. The Balaban J connectivity index is 1.88. The van der Waals surface area contributed by atoms with E-state index in [1.807, 2.05) is 40.2 Å². The molecule has 3 heterocycles. The lowest BCUT2D eigenvalue weighted by atomic mass is 10.1. The molecule has 0 bridgehead atoms. The second-order valence-corrected chi connectivity index (χ2v) is 7.33. The van der Waals surface area contributed by atoms with Crippen molar-refractivity contribution in [3.8, 4) is 0 Å². The number of aliphatic carboxylic acids is 1. The maximum atomic E-state index is 11.3. The van der Waals surface area contributed by atoms with Gasteiger partial charge in [0.25, 0.3) is 0 Å². The average molecular weight is 376 g/mol. The summed E-state index contributed by atoms with van der Waals surface area (Å²) in [6, 6.07) is 7.73. The zero-order valence-corrected chi connectivity index (χ0v) is 14.5. The van der Waals surface area contributed by atoms with Crippen LogP contribution < -0.4 is 0 Å². The largest absolute Gasteiger partial charge is 0.481 e. The standard InChI is InChI=1S/C16H10ClN3O2S2/c17-14-11(20-5-6-23-16(20)19-14)7-9(8-13(21)22)15-18-10-3-1-2-4-12(10)24-15/h1-7H,8H2,(H,21,22)/b9-7+. The number of thiazole rings is 2. The Labute approximate surface area is 149 Å². The average Bonchev–Trinajstić information content (AvgIpc) is 3.22. The molecule has 120 valence electrons. The van der Waals surface area contributed by atoms with Gasteiger partial charge in [-0.05, 0) is 18.2 Å². The first-order valence-corrected chi connectivity index (χ1v) is 9.08. The van der Waals surface area contributed by atoms with Gasteiger partial charge >= 0.3 is 5.97 Å². The van der Waals surface area contributed by atoms with Crippen LogP contribution in [0.4, 0.5) is 0 Å². The number of carboxylic acids is 1. The molecule has 0 amide bonds. The van der Waals surface area contributed by atoms with Crippen LogP contribution in [-0.4, -0.2) is 25.4 Å². The van der Waals surface area contributed by atoms with Gasteiger partial charge in [-0.3, -0.25) is 9.20 Å². The van der Waals surface area contributed by atoms with Gasteiger partial charge in [-0.15, -0.1) is 22.7 Å². The highest BCUT2D eigenvalue weighted by Gasteiger charge is 2.16. The van der Waals surface area contributed by atoms with E-state index in [-0.39, 0.29) is 6.42 Å². The Morgan fingerprint density at radius 3 is 2.96 bits per heavy atom. The third-order valence-electron chi connectivity index (χ3n) is 3.48. The number of imidazole rings is 1. The van der Waals surface area contributed by atoms with Crippen molar-refractivity contribution < 1.29 is 9.90 Å². The van der Waals surface area contributed by atoms with Gasteiger partial charge in [-0.25, -0.2) is 9.97 Å². The number of halogens is 1. The van der Waals surface area contributed by atoms with E-state index in [4.69, 9.17) is 11.6 Å². The number of hydrogen-bond acceptors (Lipinski definition) is 5. The van der Waals surface area contributed by atoms with E-state index in [0.717, 1.165) is 15.2 Å². The Bertz CT molecular complexity index is 1060. The van der Waals surface area contributed by atoms with Gasteiger partial charge in [0, 0.05) is 17.2 Å². The molecule has 0 saturated carbocycles. The number of hydrogen-bond donors (Lipinski definition) is 1. The number of benzene rings is 1. The molecule has 1 aromatic carbocycles. The molecule has 3 aromatic heterocycles. The highest BCUT2D eigenvalue weighted by Crippen LogP contribution is 2.32. The maximum Gasteiger partial charge on any atom is 0.307 e. The summed E-state index contributed by atoms with van der Waals surface area (Å²) in [5.41, 5.74) is 2.14. The van der Waals surface area contributed by atoms with E-state index in [9.17, 15) is 9.90 Å². The molecule has 0 atom stereocenters. The van der Waals surface area contributed by atoms with Crippen LogP contribution >= 0.6 is 34.3 Å². The minimum Gasteiger partial charge on any atom is -0.481 e. The van der Waals surface area contributed by atoms with E-state index in [2.05, 4.69) is 9.97 Å². The lowest BCUT2D eigenvalue weighted by Crippen LogP contribution is -1.97. The highest BCUT2D eigenvalue weighted by atomic mass is 35.5. The number of carboxylic acid groups (broad SMARTS) is 1. The first-order chi connectivity index (χ1) is 11.6. The maximum absolute atomic E-state index is 11.3. The molecule has 0 fully saturated rings. The second kappa shape index (κ2) is 6.01. The summed E-state index contributed by atoms with van der Waals surface area (Å²) in [7, 11) is 0. The molecular formula is C16H10ClN3O2S2. The quantitative estimate of drug-likeness (QED) is 0.562. The Morgan fingerprint density at radius 1 is 1.33 bits per heavy atom. The number of nitrogens with zero attached hydrogens (tertiary/aromatic N) is 3. The van der Waals surface area contributed by atoms with E-state index in [1.54, 1.807) is 6.08 Å². The number of aromatic nitrogens is 3. The van der Waals surface area contributed by atoms with Gasteiger partial charge < -0.3 is 5.11 Å². The Kier molecular flexibility index (Phi) is 3.84. The number of para-hydroxylation sites is 1. The minimum atomic E-state index is -0.914. The van der Waals surface area contributed by atoms with Gasteiger partial charge in [-0.2, -0.15) is 0 Å². The number of fused-ring (bicyclic) bond motifs is 2. The Morgan fingerprint density at radius 2 is 2.17 bits per heavy atom. The monoisotopic (exact) mass is 375 g/mol. The summed E-state index contributed by atoms with van der Waals surface area (Å²) in [5, 5.41) is 12.2. The van der Waals surface area contributed by atoms with Gasteiger partial charge in [0.2, 0.25) is 0 Å². The van der Waals surface area contributed by atoms with Crippen LogP contribution in [0.25, 0.3) is 26.8 Å². The lowest BCUT2D eigenvalue weighted by Gasteiger charge is -2.01. The smallest absolute Gasteiger partial charge is 0.307 e. The molecule has 24 heavy (non-hydrogen) atoms. The molecule has 0 spiro atoms. The molecule has 0 aliphatic heterocycles. The van der Waals surface area contributed by atoms with Crippen molar-refractivity contribution in [2.75, 3.05) is 0 Å². The van der Waals surface area contributed by atoms with Crippen LogP contribution in [0.5, 0.6) is 0 Å². The van der Waals surface area contributed by atoms with Crippen LogP contribution in [0.2, 0.25) is 5.15 Å². The summed E-state index contributed by atoms with van der Waals surface area (Å²) in [6.07, 6.45) is 3.50. The summed E-state index contributed by atoms with van der Waals surface area (Å²) in [6.45, 7) is 0. The fraction of sp³-hybridized carbons (Fsp3) is 0.0625. The van der Waals surface area contributed by atoms with Crippen LogP contribution in [0.1, 0.15) is 17.1 Å². The van der Waals surface area contributed by atoms with Gasteiger partial charge in [0.05, 0.1) is 22.3 Å². The van der Waals surface area contributed by atoms with Crippen molar-refractivity contribution in [3.05, 3.63) is 51.7 Å². The third-order valence-corrected chi connectivity index (χ3v) is 5.62. The van der Waals surface area contributed by atoms with E-state index >= 15 is 0 Å². The minimum absolute atomic E-state index is 0.131.